The number of aliphatic imine (C=N–C) groups is 1. The van der Waals surface area contributed by atoms with E-state index in [2.05, 4.69) is 10.3 Å². The fraction of sp³-hybridized carbons (Fsp3) is 0.562. The van der Waals surface area contributed by atoms with Crippen molar-refractivity contribution in [2.24, 2.45) is 10.7 Å². The number of nitrogens with two attached hydrogens (primary N) is 1. The molecule has 10 heteroatoms. The predicted octanol–water partition coefficient (Wildman–Crippen LogP) is 1.92. The zero-order valence-electron chi connectivity index (χ0n) is 14.5. The van der Waals surface area contributed by atoms with Gasteiger partial charge >= 0.3 is 6.18 Å². The van der Waals surface area contributed by atoms with Crippen LogP contribution in [0.4, 0.5) is 13.2 Å². The molecule has 0 saturated carbocycles. The summed E-state index contributed by atoms with van der Waals surface area (Å²) in [6, 6.07) is 4.68. The van der Waals surface area contributed by atoms with Crippen LogP contribution < -0.4 is 11.1 Å². The van der Waals surface area contributed by atoms with E-state index in [4.69, 9.17) is 5.73 Å². The van der Waals surface area contributed by atoms with Crippen LogP contribution in [-0.2, 0) is 22.7 Å². The van der Waals surface area contributed by atoms with Gasteiger partial charge in [0, 0.05) is 19.1 Å². The summed E-state index contributed by atoms with van der Waals surface area (Å²) in [5.74, 6) is 0.0708. The molecule has 6 nitrogen and oxygen atoms in total. The van der Waals surface area contributed by atoms with Crippen LogP contribution in [0, 0.1) is 0 Å². The van der Waals surface area contributed by atoms with E-state index in [9.17, 15) is 21.6 Å². The Hall–Kier alpha value is -1.81. The van der Waals surface area contributed by atoms with E-state index in [-0.39, 0.29) is 18.5 Å². The van der Waals surface area contributed by atoms with E-state index >= 15 is 0 Å². The standard InChI is InChI=1S/C16H23F3N4O2S/c1-26(24,25)23-8-3-2-7-14(23)11-22-15(20)21-10-12-5-4-6-13(9-12)16(17,18)19/h4-6,9,14H,2-3,7-8,10-11H2,1H3,(H3,20,21,22). The van der Waals surface area contributed by atoms with E-state index in [1.165, 1.54) is 16.6 Å². The molecule has 146 valence electrons. The number of halogens is 3. The Morgan fingerprint density at radius 3 is 2.77 bits per heavy atom. The van der Waals surface area contributed by atoms with Gasteiger partial charge in [0.05, 0.1) is 18.4 Å². The third-order valence-electron chi connectivity index (χ3n) is 4.20. The number of nitrogens with zero attached hydrogens (tertiary/aromatic N) is 2. The van der Waals surface area contributed by atoms with E-state index < -0.39 is 21.8 Å². The predicted molar refractivity (Wildman–Crippen MR) is 94.0 cm³/mol. The molecule has 0 bridgehead atoms. The Bertz CT molecular complexity index is 750. The maximum Gasteiger partial charge on any atom is 0.416 e. The molecule has 0 aliphatic carbocycles. The van der Waals surface area contributed by atoms with Crippen LogP contribution in [0.15, 0.2) is 29.3 Å². The summed E-state index contributed by atoms with van der Waals surface area (Å²) in [4.78, 5) is 4.04. The number of hydrogen-bond donors (Lipinski definition) is 2. The number of hydrogen-bond acceptors (Lipinski definition) is 3. The van der Waals surface area contributed by atoms with E-state index in [0.29, 0.717) is 18.7 Å². The Morgan fingerprint density at radius 2 is 2.12 bits per heavy atom. The summed E-state index contributed by atoms with van der Waals surface area (Å²) < 4.78 is 63.2. The molecule has 0 amide bonds. The van der Waals surface area contributed by atoms with E-state index in [1.54, 1.807) is 6.07 Å². The molecule has 2 rings (SSSR count). The molecular weight excluding hydrogens is 369 g/mol. The van der Waals surface area contributed by atoms with Crippen molar-refractivity contribution < 1.29 is 21.6 Å². The van der Waals surface area contributed by atoms with Crippen LogP contribution in [0.25, 0.3) is 0 Å². The molecule has 1 saturated heterocycles. The van der Waals surface area contributed by atoms with E-state index in [0.717, 1.165) is 31.4 Å². The molecule has 0 radical (unpaired) electrons. The van der Waals surface area contributed by atoms with Gasteiger partial charge < -0.3 is 11.1 Å². The second-order valence-electron chi connectivity index (χ2n) is 6.30. The maximum atomic E-state index is 12.7. The van der Waals surface area contributed by atoms with Crippen LogP contribution in [0.1, 0.15) is 30.4 Å². The van der Waals surface area contributed by atoms with Crippen molar-refractivity contribution in [1.29, 1.82) is 0 Å². The van der Waals surface area contributed by atoms with Crippen molar-refractivity contribution >= 4 is 16.0 Å². The number of piperidine rings is 1. The van der Waals surface area contributed by atoms with Gasteiger partial charge in [-0.3, -0.25) is 0 Å². The molecule has 1 aromatic carbocycles. The minimum atomic E-state index is -4.40. The fourth-order valence-corrected chi connectivity index (χ4v) is 4.10. The monoisotopic (exact) mass is 392 g/mol. The van der Waals surface area contributed by atoms with Gasteiger partial charge in [0.25, 0.3) is 0 Å². The lowest BCUT2D eigenvalue weighted by atomic mass is 10.1. The quantitative estimate of drug-likeness (QED) is 0.592. The number of sulfonamides is 1. The van der Waals surface area contributed by atoms with Crippen LogP contribution in [0.5, 0.6) is 0 Å². The Balaban J connectivity index is 1.94. The van der Waals surface area contributed by atoms with Crippen molar-refractivity contribution in [1.82, 2.24) is 9.62 Å². The average Bonchev–Trinajstić information content (AvgIpc) is 2.57. The average molecular weight is 392 g/mol. The maximum absolute atomic E-state index is 12.7. The SMILES string of the molecule is CS(=O)(=O)N1CCCCC1CNC(N)=NCc1cccc(C(F)(F)F)c1. The van der Waals surface area contributed by atoms with E-state index in [1.807, 2.05) is 0 Å². The fourth-order valence-electron chi connectivity index (χ4n) is 2.92. The molecule has 3 N–H and O–H groups in total. The molecule has 1 atom stereocenters. The first kappa shape index (κ1) is 20.5. The number of alkyl halides is 3. The molecule has 1 aliphatic rings. The molecule has 1 aromatic rings. The smallest absolute Gasteiger partial charge is 0.370 e. The topological polar surface area (TPSA) is 87.8 Å². The van der Waals surface area contributed by atoms with Crippen LogP contribution in [0.2, 0.25) is 0 Å². The van der Waals surface area contributed by atoms with Gasteiger partial charge in [0.15, 0.2) is 5.96 Å². The van der Waals surface area contributed by atoms with Gasteiger partial charge in [-0.1, -0.05) is 18.6 Å². The first-order valence-corrected chi connectivity index (χ1v) is 10.1. The second kappa shape index (κ2) is 8.26. The highest BCUT2D eigenvalue weighted by Crippen LogP contribution is 2.29. The van der Waals surface area contributed by atoms with Gasteiger partial charge in [-0.15, -0.1) is 0 Å². The van der Waals surface area contributed by atoms with Crippen LogP contribution in [-0.4, -0.2) is 44.1 Å². The lowest BCUT2D eigenvalue weighted by molar-refractivity contribution is -0.137. The first-order valence-electron chi connectivity index (χ1n) is 8.24. The van der Waals surface area contributed by atoms with Gasteiger partial charge in [0.2, 0.25) is 10.0 Å². The van der Waals surface area contributed by atoms with Crippen LogP contribution >= 0.6 is 0 Å². The normalized spacial score (nSPS) is 20.2. The highest BCUT2D eigenvalue weighted by molar-refractivity contribution is 7.88. The molecule has 1 heterocycles. The van der Waals surface area contributed by atoms with Crippen molar-refractivity contribution in [2.45, 2.75) is 38.0 Å². The van der Waals surface area contributed by atoms with Crippen LogP contribution in [0.3, 0.4) is 0 Å². The summed E-state index contributed by atoms with van der Waals surface area (Å²) in [7, 11) is -3.29. The lowest BCUT2D eigenvalue weighted by Gasteiger charge is -2.33. The molecule has 0 aromatic heterocycles. The first-order chi connectivity index (χ1) is 12.1. The Morgan fingerprint density at radius 1 is 1.38 bits per heavy atom. The number of nitrogens with one attached hydrogen (secondary N) is 1. The van der Waals surface area contributed by atoms with Crippen molar-refractivity contribution in [3.63, 3.8) is 0 Å². The Labute approximate surface area is 151 Å². The number of benzene rings is 1. The molecular formula is C16H23F3N4O2S. The minimum absolute atomic E-state index is 0.00319. The Kier molecular flexibility index (Phi) is 6.51. The molecule has 1 fully saturated rings. The minimum Gasteiger partial charge on any atom is -0.370 e. The van der Waals surface area contributed by atoms with Gasteiger partial charge in [-0.25, -0.2) is 13.4 Å². The summed E-state index contributed by atoms with van der Waals surface area (Å²) in [5, 5.41) is 2.87. The summed E-state index contributed by atoms with van der Waals surface area (Å²) >= 11 is 0. The summed E-state index contributed by atoms with van der Waals surface area (Å²) in [6.45, 7) is 0.792. The third-order valence-corrected chi connectivity index (χ3v) is 5.54. The third kappa shape index (κ3) is 5.87. The second-order valence-corrected chi connectivity index (χ2v) is 8.24. The summed E-state index contributed by atoms with van der Waals surface area (Å²) in [6.07, 6.45) is -0.751. The number of guanidine groups is 1. The molecule has 0 spiro atoms. The van der Waals surface area contributed by atoms with Crippen molar-refractivity contribution in [2.75, 3.05) is 19.3 Å². The summed E-state index contributed by atoms with van der Waals surface area (Å²) in [5.41, 5.74) is 5.42. The van der Waals surface area contributed by atoms with Crippen molar-refractivity contribution in [3.8, 4) is 0 Å². The highest BCUT2D eigenvalue weighted by atomic mass is 32.2. The van der Waals surface area contributed by atoms with Gasteiger partial charge in [-0.2, -0.15) is 17.5 Å². The van der Waals surface area contributed by atoms with Gasteiger partial charge in [-0.05, 0) is 30.5 Å². The molecule has 26 heavy (non-hydrogen) atoms. The molecule has 1 aliphatic heterocycles. The molecule has 1 unspecified atom stereocenters. The highest BCUT2D eigenvalue weighted by Gasteiger charge is 2.30. The largest absolute Gasteiger partial charge is 0.416 e. The lowest BCUT2D eigenvalue weighted by Crippen LogP contribution is -2.50. The zero-order valence-corrected chi connectivity index (χ0v) is 15.3. The number of rotatable bonds is 5. The zero-order chi connectivity index (χ0) is 19.4. The van der Waals surface area contributed by atoms with Gasteiger partial charge in [0.1, 0.15) is 0 Å². The van der Waals surface area contributed by atoms with Crippen molar-refractivity contribution in [3.05, 3.63) is 35.4 Å².